The van der Waals surface area contributed by atoms with Gasteiger partial charge in [0.25, 0.3) is 0 Å². The first-order valence-corrected chi connectivity index (χ1v) is 6.69. The van der Waals surface area contributed by atoms with Crippen LogP contribution in [0.3, 0.4) is 0 Å². The molecule has 0 radical (unpaired) electrons. The van der Waals surface area contributed by atoms with E-state index in [1.165, 1.54) is 5.69 Å². The van der Waals surface area contributed by atoms with Gasteiger partial charge >= 0.3 is 0 Å². The van der Waals surface area contributed by atoms with Gasteiger partial charge in [-0.05, 0) is 25.7 Å². The third kappa shape index (κ3) is 3.87. The van der Waals surface area contributed by atoms with Gasteiger partial charge in [0.15, 0.2) is 0 Å². The van der Waals surface area contributed by atoms with Gasteiger partial charge in [0.05, 0.1) is 5.69 Å². The van der Waals surface area contributed by atoms with Crippen LogP contribution < -0.4 is 5.73 Å². The molecule has 0 saturated heterocycles. The van der Waals surface area contributed by atoms with E-state index in [0.29, 0.717) is 0 Å². The molecule has 1 unspecified atom stereocenters. The fraction of sp³-hybridized carbons (Fsp3) is 0.727. The molecule has 86 valence electrons. The lowest BCUT2D eigenvalue weighted by molar-refractivity contribution is 0.594. The zero-order chi connectivity index (χ0) is 11.3. The lowest BCUT2D eigenvalue weighted by atomic mass is 10.2. The van der Waals surface area contributed by atoms with Gasteiger partial charge in [-0.3, -0.25) is 4.68 Å². The van der Waals surface area contributed by atoms with Gasteiger partial charge in [-0.1, -0.05) is 6.92 Å². The molecule has 0 spiro atoms. The van der Waals surface area contributed by atoms with E-state index in [1.807, 2.05) is 23.4 Å². The van der Waals surface area contributed by atoms with Crippen LogP contribution >= 0.6 is 11.8 Å². The van der Waals surface area contributed by atoms with Gasteiger partial charge in [0.1, 0.15) is 0 Å². The summed E-state index contributed by atoms with van der Waals surface area (Å²) in [5.74, 6) is 2.17. The van der Waals surface area contributed by atoms with Crippen LogP contribution in [-0.2, 0) is 13.0 Å². The Morgan fingerprint density at radius 3 is 2.87 bits per heavy atom. The lowest BCUT2D eigenvalue weighted by Crippen LogP contribution is -2.27. The van der Waals surface area contributed by atoms with E-state index in [-0.39, 0.29) is 6.04 Å². The lowest BCUT2D eigenvalue weighted by Gasteiger charge is -2.11. The van der Waals surface area contributed by atoms with E-state index < -0.39 is 0 Å². The second kappa shape index (κ2) is 6.18. The van der Waals surface area contributed by atoms with E-state index in [1.54, 1.807) is 0 Å². The first kappa shape index (κ1) is 12.6. The van der Waals surface area contributed by atoms with Crippen LogP contribution in [0, 0.1) is 6.92 Å². The van der Waals surface area contributed by atoms with Gasteiger partial charge in [-0.25, -0.2) is 0 Å². The minimum atomic E-state index is 0.247. The monoisotopic (exact) mass is 227 g/mol. The third-order valence-electron chi connectivity index (χ3n) is 2.29. The molecule has 2 N–H and O–H groups in total. The van der Waals surface area contributed by atoms with Crippen LogP contribution in [-0.4, -0.2) is 27.3 Å². The van der Waals surface area contributed by atoms with Crippen molar-refractivity contribution in [2.24, 2.45) is 5.73 Å². The van der Waals surface area contributed by atoms with Crippen molar-refractivity contribution in [2.45, 2.75) is 39.8 Å². The topological polar surface area (TPSA) is 43.8 Å². The maximum atomic E-state index is 6.06. The quantitative estimate of drug-likeness (QED) is 0.806. The van der Waals surface area contributed by atoms with E-state index in [0.717, 1.165) is 30.2 Å². The van der Waals surface area contributed by atoms with E-state index in [9.17, 15) is 0 Å². The Morgan fingerprint density at radius 2 is 2.27 bits per heavy atom. The summed E-state index contributed by atoms with van der Waals surface area (Å²) in [4.78, 5) is 0. The maximum absolute atomic E-state index is 6.06. The highest BCUT2D eigenvalue weighted by molar-refractivity contribution is 7.99. The summed E-state index contributed by atoms with van der Waals surface area (Å²) in [5.41, 5.74) is 8.41. The first-order valence-electron chi connectivity index (χ1n) is 5.54. The van der Waals surface area contributed by atoms with Crippen LogP contribution in [0.5, 0.6) is 0 Å². The predicted octanol–water partition coefficient (Wildman–Crippen LogP) is 1.83. The van der Waals surface area contributed by atoms with Crippen LogP contribution in [0.2, 0.25) is 0 Å². The minimum Gasteiger partial charge on any atom is -0.327 e. The van der Waals surface area contributed by atoms with Gasteiger partial charge in [0.2, 0.25) is 0 Å². The first-order chi connectivity index (χ1) is 7.17. The molecule has 0 aliphatic rings. The second-order valence-electron chi connectivity index (χ2n) is 3.72. The summed E-state index contributed by atoms with van der Waals surface area (Å²) in [6.07, 6.45) is 0.932. The molecule has 1 atom stereocenters. The average Bonchev–Trinajstić information content (AvgIpc) is 2.55. The highest BCUT2D eigenvalue weighted by Crippen LogP contribution is 2.09. The van der Waals surface area contributed by atoms with Gasteiger partial charge in [0, 0.05) is 30.5 Å². The molecule has 1 aromatic heterocycles. The van der Waals surface area contributed by atoms with Crippen molar-refractivity contribution in [1.29, 1.82) is 0 Å². The van der Waals surface area contributed by atoms with Crippen LogP contribution in [0.15, 0.2) is 6.07 Å². The highest BCUT2D eigenvalue weighted by atomic mass is 32.2. The van der Waals surface area contributed by atoms with E-state index in [4.69, 9.17) is 5.73 Å². The Hall–Kier alpha value is -0.480. The van der Waals surface area contributed by atoms with Crippen molar-refractivity contribution in [3.63, 3.8) is 0 Å². The number of rotatable bonds is 6. The van der Waals surface area contributed by atoms with Gasteiger partial charge < -0.3 is 5.73 Å². The Labute approximate surface area is 96.4 Å². The Balaban J connectivity index is 2.54. The maximum Gasteiger partial charge on any atom is 0.0596 e. The Kier molecular flexibility index (Phi) is 5.19. The van der Waals surface area contributed by atoms with Crippen LogP contribution in [0.4, 0.5) is 0 Å². The summed E-state index contributed by atoms with van der Waals surface area (Å²) < 4.78 is 2.05. The number of nitrogens with two attached hydrogens (primary N) is 1. The number of aromatic nitrogens is 2. The minimum absolute atomic E-state index is 0.247. The molecule has 0 aliphatic heterocycles. The fourth-order valence-electron chi connectivity index (χ4n) is 1.63. The summed E-state index contributed by atoms with van der Waals surface area (Å²) >= 11 is 1.90. The molecule has 4 heteroatoms. The van der Waals surface area contributed by atoms with Gasteiger partial charge in [-0.2, -0.15) is 16.9 Å². The van der Waals surface area contributed by atoms with Crippen molar-refractivity contribution in [1.82, 2.24) is 9.78 Å². The van der Waals surface area contributed by atoms with E-state index >= 15 is 0 Å². The third-order valence-corrected chi connectivity index (χ3v) is 3.36. The smallest absolute Gasteiger partial charge is 0.0596 e. The molecule has 0 saturated carbocycles. The van der Waals surface area contributed by atoms with Crippen molar-refractivity contribution in [3.8, 4) is 0 Å². The van der Waals surface area contributed by atoms with Crippen molar-refractivity contribution >= 4 is 11.8 Å². The summed E-state index contributed by atoms with van der Waals surface area (Å²) in [6.45, 7) is 7.23. The zero-order valence-electron chi connectivity index (χ0n) is 9.86. The molecule has 1 aromatic rings. The molecule has 1 heterocycles. The normalized spacial score (nSPS) is 13.1. The second-order valence-corrected chi connectivity index (χ2v) is 5.04. The predicted molar refractivity (Wildman–Crippen MR) is 67.3 cm³/mol. The molecule has 1 rings (SSSR count). The standard InChI is InChI=1S/C11H21N3S/c1-4-14-11(6-9(3)13-14)7-10(12)8-15-5-2/h6,10H,4-5,7-8,12H2,1-3H3. The number of nitrogens with zero attached hydrogens (tertiary/aromatic N) is 2. The molecular formula is C11H21N3S. The Morgan fingerprint density at radius 1 is 1.53 bits per heavy atom. The summed E-state index contributed by atoms with van der Waals surface area (Å²) in [6, 6.07) is 2.39. The molecule has 0 fully saturated rings. The molecule has 0 aliphatic carbocycles. The van der Waals surface area contributed by atoms with Gasteiger partial charge in [-0.15, -0.1) is 0 Å². The molecule has 15 heavy (non-hydrogen) atoms. The molecule has 0 aromatic carbocycles. The fourth-order valence-corrected chi connectivity index (χ4v) is 2.29. The van der Waals surface area contributed by atoms with Crippen LogP contribution in [0.1, 0.15) is 25.2 Å². The molecule has 0 bridgehead atoms. The SMILES string of the molecule is CCSCC(N)Cc1cc(C)nn1CC. The van der Waals surface area contributed by atoms with Crippen molar-refractivity contribution < 1.29 is 0 Å². The Bertz CT molecular complexity index is 296. The largest absolute Gasteiger partial charge is 0.327 e. The van der Waals surface area contributed by atoms with Crippen LogP contribution in [0.25, 0.3) is 0 Å². The average molecular weight is 227 g/mol. The number of aryl methyl sites for hydroxylation is 2. The summed E-state index contributed by atoms with van der Waals surface area (Å²) in [7, 11) is 0. The molecule has 0 amide bonds. The summed E-state index contributed by atoms with van der Waals surface area (Å²) in [5, 5.41) is 4.42. The number of hydrogen-bond donors (Lipinski definition) is 1. The van der Waals surface area contributed by atoms with E-state index in [2.05, 4.69) is 25.0 Å². The molecule has 3 nitrogen and oxygen atoms in total. The molecular weight excluding hydrogens is 206 g/mol. The zero-order valence-corrected chi connectivity index (χ0v) is 10.7. The number of hydrogen-bond acceptors (Lipinski definition) is 3. The number of thioether (sulfide) groups is 1. The van der Waals surface area contributed by atoms with Crippen molar-refractivity contribution in [3.05, 3.63) is 17.5 Å². The van der Waals surface area contributed by atoms with Crippen molar-refractivity contribution in [2.75, 3.05) is 11.5 Å². The highest BCUT2D eigenvalue weighted by Gasteiger charge is 2.09.